The molecule has 0 heterocycles. The van der Waals surface area contributed by atoms with E-state index >= 15 is 0 Å². The zero-order valence-corrected chi connectivity index (χ0v) is 19.3. The Labute approximate surface area is 183 Å². The molecule has 5 nitrogen and oxygen atoms in total. The molecule has 0 radical (unpaired) electrons. The molecule has 2 aromatic rings. The van der Waals surface area contributed by atoms with Gasteiger partial charge in [-0.3, -0.25) is 4.99 Å². The number of aliphatic imine (C=N–C) groups is 1. The number of nitrogens with one attached hydrogen (secondary N) is 2. The van der Waals surface area contributed by atoms with Crippen molar-refractivity contribution in [3.8, 4) is 11.5 Å². The molecule has 2 N–H and O–H groups in total. The standard InChI is InChI=1S/C21H28FN3O2.HI/c1-21(2,16-10-11-18(26-4)19(12-16)27-5)14-25-20(23-3)24-13-15-8-6-7-9-17(15)22;/h6-12H,13-14H2,1-5H3,(H2,23,24,25);1H. The van der Waals surface area contributed by atoms with Crippen molar-refractivity contribution in [3.63, 3.8) is 0 Å². The van der Waals surface area contributed by atoms with Gasteiger partial charge in [0.25, 0.3) is 0 Å². The Hall–Kier alpha value is -2.03. The summed E-state index contributed by atoms with van der Waals surface area (Å²) in [7, 11) is 4.94. The second-order valence-corrected chi connectivity index (χ2v) is 6.82. The van der Waals surface area contributed by atoms with E-state index in [-0.39, 0.29) is 35.2 Å². The number of ether oxygens (including phenoxy) is 2. The van der Waals surface area contributed by atoms with Crippen molar-refractivity contribution in [1.29, 1.82) is 0 Å². The molecule has 0 amide bonds. The summed E-state index contributed by atoms with van der Waals surface area (Å²) < 4.78 is 24.5. The smallest absolute Gasteiger partial charge is 0.191 e. The van der Waals surface area contributed by atoms with Gasteiger partial charge in [0.2, 0.25) is 0 Å². The van der Waals surface area contributed by atoms with Crippen molar-refractivity contribution in [1.82, 2.24) is 10.6 Å². The lowest BCUT2D eigenvalue weighted by molar-refractivity contribution is 0.353. The minimum Gasteiger partial charge on any atom is -0.493 e. The van der Waals surface area contributed by atoms with Gasteiger partial charge in [0.1, 0.15) is 5.82 Å². The van der Waals surface area contributed by atoms with Crippen molar-refractivity contribution < 1.29 is 13.9 Å². The molecule has 0 bridgehead atoms. The third kappa shape index (κ3) is 6.25. The SMILES string of the molecule is CN=C(NCc1ccccc1F)NCC(C)(C)c1ccc(OC)c(OC)c1.I. The van der Waals surface area contributed by atoms with Crippen LogP contribution in [0, 0.1) is 5.82 Å². The van der Waals surface area contributed by atoms with Crippen LogP contribution in [0.25, 0.3) is 0 Å². The van der Waals surface area contributed by atoms with E-state index in [9.17, 15) is 4.39 Å². The summed E-state index contributed by atoms with van der Waals surface area (Å²) in [5.74, 6) is 1.79. The largest absolute Gasteiger partial charge is 0.493 e. The lowest BCUT2D eigenvalue weighted by Gasteiger charge is -2.27. The third-order valence-electron chi connectivity index (χ3n) is 4.49. The van der Waals surface area contributed by atoms with Gasteiger partial charge >= 0.3 is 0 Å². The van der Waals surface area contributed by atoms with Gasteiger partial charge in [-0.25, -0.2) is 4.39 Å². The summed E-state index contributed by atoms with van der Waals surface area (Å²) in [6, 6.07) is 12.6. The molecule has 0 aromatic heterocycles. The lowest BCUT2D eigenvalue weighted by Crippen LogP contribution is -2.43. The fraction of sp³-hybridized carbons (Fsp3) is 0.381. The molecule has 0 fully saturated rings. The molecule has 2 rings (SSSR count). The third-order valence-corrected chi connectivity index (χ3v) is 4.49. The minimum absolute atomic E-state index is 0. The van der Waals surface area contributed by atoms with Gasteiger partial charge in [-0.05, 0) is 23.8 Å². The van der Waals surface area contributed by atoms with Gasteiger partial charge in [-0.1, -0.05) is 38.1 Å². The number of benzene rings is 2. The molecule has 154 valence electrons. The molecular formula is C21H29FIN3O2. The molecule has 0 atom stereocenters. The molecule has 0 saturated carbocycles. The Morgan fingerprint density at radius 1 is 1.04 bits per heavy atom. The average molecular weight is 501 g/mol. The first-order valence-corrected chi connectivity index (χ1v) is 8.81. The summed E-state index contributed by atoms with van der Waals surface area (Å²) in [5.41, 5.74) is 1.52. The lowest BCUT2D eigenvalue weighted by atomic mass is 9.84. The Balaban J connectivity index is 0.00000392. The van der Waals surface area contributed by atoms with Crippen molar-refractivity contribution in [2.45, 2.75) is 25.8 Å². The van der Waals surface area contributed by atoms with Gasteiger partial charge in [0.05, 0.1) is 14.2 Å². The normalized spacial score (nSPS) is 11.4. The first-order valence-electron chi connectivity index (χ1n) is 8.81. The maximum Gasteiger partial charge on any atom is 0.191 e. The summed E-state index contributed by atoms with van der Waals surface area (Å²) in [4.78, 5) is 4.22. The van der Waals surface area contributed by atoms with E-state index in [1.807, 2.05) is 24.3 Å². The Morgan fingerprint density at radius 3 is 2.32 bits per heavy atom. The van der Waals surface area contributed by atoms with E-state index in [0.717, 1.165) is 5.56 Å². The van der Waals surface area contributed by atoms with Crippen LogP contribution in [0.1, 0.15) is 25.0 Å². The molecule has 0 spiro atoms. The first-order chi connectivity index (χ1) is 12.9. The first kappa shape index (κ1) is 24.0. The maximum absolute atomic E-state index is 13.8. The zero-order chi connectivity index (χ0) is 19.9. The van der Waals surface area contributed by atoms with Crippen LogP contribution in [-0.4, -0.2) is 33.8 Å². The van der Waals surface area contributed by atoms with Gasteiger partial charge in [0, 0.05) is 31.1 Å². The van der Waals surface area contributed by atoms with E-state index in [1.165, 1.54) is 6.07 Å². The molecule has 0 aliphatic rings. The van der Waals surface area contributed by atoms with E-state index < -0.39 is 0 Å². The van der Waals surface area contributed by atoms with Crippen LogP contribution in [0.15, 0.2) is 47.5 Å². The summed E-state index contributed by atoms with van der Waals surface area (Å²) in [5, 5.41) is 6.45. The topological polar surface area (TPSA) is 54.9 Å². The predicted octanol–water partition coefficient (Wildman–Crippen LogP) is 4.10. The van der Waals surface area contributed by atoms with Gasteiger partial charge in [-0.15, -0.1) is 24.0 Å². The number of hydrogen-bond donors (Lipinski definition) is 2. The molecule has 0 unspecified atom stereocenters. The Kier molecular flexibility index (Phi) is 9.51. The summed E-state index contributed by atoms with van der Waals surface area (Å²) >= 11 is 0. The van der Waals surface area contributed by atoms with E-state index in [1.54, 1.807) is 33.4 Å². The van der Waals surface area contributed by atoms with Crippen LogP contribution < -0.4 is 20.1 Å². The summed E-state index contributed by atoms with van der Waals surface area (Å²) in [6.07, 6.45) is 0. The van der Waals surface area contributed by atoms with E-state index in [2.05, 4.69) is 29.5 Å². The van der Waals surface area contributed by atoms with Crippen molar-refractivity contribution in [3.05, 3.63) is 59.4 Å². The number of hydrogen-bond acceptors (Lipinski definition) is 3. The number of halogens is 2. The number of nitrogens with zero attached hydrogens (tertiary/aromatic N) is 1. The fourth-order valence-electron chi connectivity index (χ4n) is 2.71. The summed E-state index contributed by atoms with van der Waals surface area (Å²) in [6.45, 7) is 5.26. The maximum atomic E-state index is 13.8. The fourth-order valence-corrected chi connectivity index (χ4v) is 2.71. The highest BCUT2D eigenvalue weighted by Gasteiger charge is 2.22. The van der Waals surface area contributed by atoms with Crippen LogP contribution >= 0.6 is 24.0 Å². The van der Waals surface area contributed by atoms with Crippen LogP contribution in [-0.2, 0) is 12.0 Å². The molecule has 0 saturated heterocycles. The number of guanidine groups is 1. The van der Waals surface area contributed by atoms with Crippen LogP contribution in [0.2, 0.25) is 0 Å². The van der Waals surface area contributed by atoms with Crippen molar-refractivity contribution >= 4 is 29.9 Å². The highest BCUT2D eigenvalue weighted by Crippen LogP contribution is 2.32. The van der Waals surface area contributed by atoms with Gasteiger partial charge in [0.15, 0.2) is 17.5 Å². The quantitative estimate of drug-likeness (QED) is 0.341. The second-order valence-electron chi connectivity index (χ2n) is 6.82. The minimum atomic E-state index is -0.230. The highest BCUT2D eigenvalue weighted by molar-refractivity contribution is 14.0. The van der Waals surface area contributed by atoms with Crippen LogP contribution in [0.5, 0.6) is 11.5 Å². The Morgan fingerprint density at radius 2 is 1.71 bits per heavy atom. The van der Waals surface area contributed by atoms with Crippen LogP contribution in [0.4, 0.5) is 4.39 Å². The van der Waals surface area contributed by atoms with E-state index in [4.69, 9.17) is 9.47 Å². The molecule has 0 aliphatic heterocycles. The molecule has 2 aromatic carbocycles. The average Bonchev–Trinajstić information content (AvgIpc) is 2.68. The van der Waals surface area contributed by atoms with Crippen molar-refractivity contribution in [2.75, 3.05) is 27.8 Å². The molecular weight excluding hydrogens is 472 g/mol. The number of rotatable bonds is 7. The molecule has 0 aliphatic carbocycles. The predicted molar refractivity (Wildman–Crippen MR) is 123 cm³/mol. The molecule has 7 heteroatoms. The monoisotopic (exact) mass is 501 g/mol. The van der Waals surface area contributed by atoms with Crippen molar-refractivity contribution in [2.24, 2.45) is 4.99 Å². The highest BCUT2D eigenvalue weighted by atomic mass is 127. The van der Waals surface area contributed by atoms with Gasteiger partial charge < -0.3 is 20.1 Å². The number of methoxy groups -OCH3 is 2. The van der Waals surface area contributed by atoms with E-state index in [0.29, 0.717) is 36.1 Å². The Bertz CT molecular complexity index is 797. The zero-order valence-electron chi connectivity index (χ0n) is 17.0. The van der Waals surface area contributed by atoms with Crippen LogP contribution in [0.3, 0.4) is 0 Å². The van der Waals surface area contributed by atoms with Gasteiger partial charge in [-0.2, -0.15) is 0 Å². The molecule has 28 heavy (non-hydrogen) atoms. The second kappa shape index (κ2) is 11.1.